The molecule has 0 aromatic heterocycles. The fourth-order valence-electron chi connectivity index (χ4n) is 0.895. The van der Waals surface area contributed by atoms with Crippen LogP contribution in [-0.2, 0) is 0 Å². The van der Waals surface area contributed by atoms with Crippen LogP contribution in [0.25, 0.3) is 0 Å². The quantitative estimate of drug-likeness (QED) is 0.424. The number of hydrogen-bond acceptors (Lipinski definition) is 1. The summed E-state index contributed by atoms with van der Waals surface area (Å²) in [6.45, 7) is 3.44. The molecule has 54 valence electrons. The van der Waals surface area contributed by atoms with Gasteiger partial charge < -0.3 is 0 Å². The van der Waals surface area contributed by atoms with Crippen LogP contribution >= 0.6 is 0 Å². The Labute approximate surface area is 67.8 Å². The standard InChI is InChI=1S/C9H9BO/c1-6-5-8(7(2)11)3-4-9(6)10/h3-5H,1-2H3. The zero-order chi connectivity index (χ0) is 8.43. The van der Waals surface area contributed by atoms with E-state index in [2.05, 4.69) is 0 Å². The third-order valence-corrected chi connectivity index (χ3v) is 1.68. The topological polar surface area (TPSA) is 17.1 Å². The summed E-state index contributed by atoms with van der Waals surface area (Å²) in [4.78, 5) is 10.9. The average molecular weight is 144 g/mol. The molecule has 2 heteroatoms. The van der Waals surface area contributed by atoms with E-state index in [0.717, 1.165) is 16.6 Å². The van der Waals surface area contributed by atoms with Gasteiger partial charge in [0.05, 0.1) is 0 Å². The second kappa shape index (κ2) is 2.91. The van der Waals surface area contributed by atoms with Crippen LogP contribution in [0.4, 0.5) is 0 Å². The molecule has 0 aliphatic rings. The van der Waals surface area contributed by atoms with Crippen molar-refractivity contribution in [2.45, 2.75) is 13.8 Å². The van der Waals surface area contributed by atoms with Gasteiger partial charge in [0.25, 0.3) is 0 Å². The van der Waals surface area contributed by atoms with Crippen molar-refractivity contribution in [3.63, 3.8) is 0 Å². The van der Waals surface area contributed by atoms with E-state index in [1.54, 1.807) is 25.1 Å². The molecular weight excluding hydrogens is 135 g/mol. The summed E-state index contributed by atoms with van der Waals surface area (Å²) >= 11 is 0. The van der Waals surface area contributed by atoms with Crippen LogP contribution < -0.4 is 5.46 Å². The Morgan fingerprint density at radius 1 is 1.45 bits per heavy atom. The first-order valence-corrected chi connectivity index (χ1v) is 3.48. The van der Waals surface area contributed by atoms with Gasteiger partial charge >= 0.3 is 0 Å². The molecule has 0 aliphatic carbocycles. The van der Waals surface area contributed by atoms with Crippen molar-refractivity contribution in [2.75, 3.05) is 0 Å². The second-order valence-electron chi connectivity index (χ2n) is 2.63. The van der Waals surface area contributed by atoms with Gasteiger partial charge in [-0.3, -0.25) is 4.79 Å². The number of carbonyl (C=O) groups is 1. The van der Waals surface area contributed by atoms with Gasteiger partial charge in [0, 0.05) is 5.56 Å². The predicted molar refractivity (Wildman–Crippen MR) is 46.6 cm³/mol. The van der Waals surface area contributed by atoms with Gasteiger partial charge in [-0.1, -0.05) is 23.2 Å². The minimum absolute atomic E-state index is 0.0769. The summed E-state index contributed by atoms with van der Waals surface area (Å²) in [5, 5.41) is 0. The van der Waals surface area contributed by atoms with Gasteiger partial charge in [-0.15, -0.1) is 0 Å². The zero-order valence-corrected chi connectivity index (χ0v) is 6.72. The van der Waals surface area contributed by atoms with E-state index in [1.807, 2.05) is 6.92 Å². The molecule has 1 rings (SSSR count). The summed E-state index contributed by atoms with van der Waals surface area (Å²) in [6.07, 6.45) is 0. The highest BCUT2D eigenvalue weighted by Gasteiger charge is 1.98. The Kier molecular flexibility index (Phi) is 2.13. The smallest absolute Gasteiger partial charge is 0.159 e. The molecule has 0 aliphatic heterocycles. The summed E-state index contributed by atoms with van der Waals surface area (Å²) < 4.78 is 0. The highest BCUT2D eigenvalue weighted by Crippen LogP contribution is 2.01. The Bertz CT molecular complexity index is 292. The van der Waals surface area contributed by atoms with Crippen LogP contribution in [0.2, 0.25) is 0 Å². The molecule has 0 bridgehead atoms. The van der Waals surface area contributed by atoms with Crippen LogP contribution in [0.15, 0.2) is 18.2 Å². The van der Waals surface area contributed by atoms with Gasteiger partial charge in [-0.05, 0) is 19.9 Å². The van der Waals surface area contributed by atoms with E-state index >= 15 is 0 Å². The maximum Gasteiger partial charge on any atom is 0.159 e. The van der Waals surface area contributed by atoms with Crippen LogP contribution in [0.5, 0.6) is 0 Å². The number of rotatable bonds is 1. The fourth-order valence-corrected chi connectivity index (χ4v) is 0.895. The Morgan fingerprint density at radius 3 is 2.55 bits per heavy atom. The van der Waals surface area contributed by atoms with Gasteiger partial charge in [0.2, 0.25) is 0 Å². The lowest BCUT2D eigenvalue weighted by Gasteiger charge is -2.01. The van der Waals surface area contributed by atoms with Crippen molar-refractivity contribution >= 4 is 19.1 Å². The first-order valence-electron chi connectivity index (χ1n) is 3.48. The molecule has 0 saturated heterocycles. The minimum Gasteiger partial charge on any atom is -0.295 e. The third kappa shape index (κ3) is 1.70. The number of carbonyl (C=O) groups excluding carboxylic acids is 1. The van der Waals surface area contributed by atoms with Crippen molar-refractivity contribution in [1.29, 1.82) is 0 Å². The van der Waals surface area contributed by atoms with E-state index in [9.17, 15) is 4.79 Å². The van der Waals surface area contributed by atoms with Crippen LogP contribution in [0, 0.1) is 6.92 Å². The van der Waals surface area contributed by atoms with Crippen LogP contribution in [-0.4, -0.2) is 13.6 Å². The molecule has 1 aromatic carbocycles. The molecule has 0 amide bonds. The molecule has 1 nitrogen and oxygen atoms in total. The average Bonchev–Trinajstić information content (AvgIpc) is 1.94. The summed E-state index contributed by atoms with van der Waals surface area (Å²) in [6, 6.07) is 5.30. The van der Waals surface area contributed by atoms with Gasteiger partial charge in [0.1, 0.15) is 7.85 Å². The zero-order valence-electron chi connectivity index (χ0n) is 6.72. The minimum atomic E-state index is 0.0769. The number of ketones is 1. The molecule has 0 saturated carbocycles. The second-order valence-corrected chi connectivity index (χ2v) is 2.63. The number of hydrogen-bond donors (Lipinski definition) is 0. The molecule has 0 unspecified atom stereocenters. The predicted octanol–water partition coefficient (Wildman–Crippen LogP) is 0.991. The lowest BCUT2D eigenvalue weighted by molar-refractivity contribution is 0.101. The van der Waals surface area contributed by atoms with Crippen LogP contribution in [0.3, 0.4) is 0 Å². The Balaban J connectivity index is 3.15. The monoisotopic (exact) mass is 144 g/mol. The molecule has 0 atom stereocenters. The molecular formula is C9H9BO. The molecule has 0 fully saturated rings. The Hall–Kier alpha value is -1.05. The van der Waals surface area contributed by atoms with E-state index in [4.69, 9.17) is 7.85 Å². The van der Waals surface area contributed by atoms with E-state index in [-0.39, 0.29) is 5.78 Å². The SMILES string of the molecule is [B]c1ccc(C(C)=O)cc1C. The summed E-state index contributed by atoms with van der Waals surface area (Å²) in [5.41, 5.74) is 2.41. The molecule has 0 heterocycles. The largest absolute Gasteiger partial charge is 0.295 e. The lowest BCUT2D eigenvalue weighted by Crippen LogP contribution is -2.08. The van der Waals surface area contributed by atoms with Crippen molar-refractivity contribution in [3.8, 4) is 0 Å². The van der Waals surface area contributed by atoms with E-state index < -0.39 is 0 Å². The molecule has 0 N–H and O–H groups in total. The van der Waals surface area contributed by atoms with E-state index in [0.29, 0.717) is 0 Å². The maximum absolute atomic E-state index is 10.9. The maximum atomic E-state index is 10.9. The lowest BCUT2D eigenvalue weighted by atomic mass is 9.89. The first-order chi connectivity index (χ1) is 5.11. The fraction of sp³-hybridized carbons (Fsp3) is 0.222. The van der Waals surface area contributed by atoms with E-state index in [1.165, 1.54) is 0 Å². The summed E-state index contributed by atoms with van der Waals surface area (Å²) in [7, 11) is 5.58. The molecule has 0 spiro atoms. The number of benzene rings is 1. The normalized spacial score (nSPS) is 9.64. The number of Topliss-reactive ketones (excluding diaryl/α,β-unsaturated/α-hetero) is 1. The van der Waals surface area contributed by atoms with Gasteiger partial charge in [0.15, 0.2) is 5.78 Å². The first kappa shape index (κ1) is 8.06. The van der Waals surface area contributed by atoms with Crippen molar-refractivity contribution in [3.05, 3.63) is 29.3 Å². The molecule has 2 radical (unpaired) electrons. The third-order valence-electron chi connectivity index (χ3n) is 1.68. The summed E-state index contributed by atoms with van der Waals surface area (Å²) in [5.74, 6) is 0.0769. The number of aryl methyl sites for hydroxylation is 1. The van der Waals surface area contributed by atoms with Crippen molar-refractivity contribution < 1.29 is 4.79 Å². The van der Waals surface area contributed by atoms with Crippen LogP contribution in [0.1, 0.15) is 22.8 Å². The molecule has 1 aromatic rings. The highest BCUT2D eigenvalue weighted by atomic mass is 16.1. The van der Waals surface area contributed by atoms with Crippen molar-refractivity contribution in [1.82, 2.24) is 0 Å². The van der Waals surface area contributed by atoms with Crippen molar-refractivity contribution in [2.24, 2.45) is 0 Å². The Morgan fingerprint density at radius 2 is 2.09 bits per heavy atom. The van der Waals surface area contributed by atoms with Gasteiger partial charge in [-0.25, -0.2) is 0 Å². The highest BCUT2D eigenvalue weighted by molar-refractivity contribution is 6.33. The van der Waals surface area contributed by atoms with Gasteiger partial charge in [-0.2, -0.15) is 0 Å². The molecule has 11 heavy (non-hydrogen) atoms.